The molecule has 0 N–H and O–H groups in total. The molecule has 3 nitrogen and oxygen atoms in total. The number of aryl methyl sites for hydroxylation is 2. The second kappa shape index (κ2) is 5.60. The molecule has 24 heavy (non-hydrogen) atoms. The van der Waals surface area contributed by atoms with Crippen LogP contribution in [0, 0.1) is 13.8 Å². The number of amides is 1. The number of carbonyl (C=O) groups is 1. The van der Waals surface area contributed by atoms with Gasteiger partial charge >= 0.3 is 0 Å². The molecule has 0 saturated carbocycles. The first kappa shape index (κ1) is 15.2. The zero-order valence-electron chi connectivity index (χ0n) is 13.6. The zero-order chi connectivity index (χ0) is 16.8. The Morgan fingerprint density at radius 2 is 1.96 bits per heavy atom. The van der Waals surface area contributed by atoms with Gasteiger partial charge in [-0.1, -0.05) is 41.4 Å². The molecule has 0 fully saturated rings. The molecule has 0 atom stereocenters. The number of para-hydroxylation sites is 1. The van der Waals surface area contributed by atoms with Crippen molar-refractivity contribution in [1.29, 1.82) is 0 Å². The Morgan fingerprint density at radius 1 is 1.17 bits per heavy atom. The fourth-order valence-corrected chi connectivity index (χ4v) is 3.69. The average Bonchev–Trinajstić information content (AvgIpc) is 2.98. The van der Waals surface area contributed by atoms with E-state index in [9.17, 15) is 4.79 Å². The van der Waals surface area contributed by atoms with Gasteiger partial charge in [-0.3, -0.25) is 4.79 Å². The summed E-state index contributed by atoms with van der Waals surface area (Å²) in [6.07, 6.45) is 0.874. The SMILES string of the molecule is Cc1cc(C)c2nc(Cl)c(C(=O)N3CCc4ccccc43)cc2c1. The summed E-state index contributed by atoms with van der Waals surface area (Å²) in [5.74, 6) is -0.0847. The second-order valence-corrected chi connectivity index (χ2v) is 6.67. The summed E-state index contributed by atoms with van der Waals surface area (Å²) in [5, 5.41) is 1.22. The van der Waals surface area contributed by atoms with Crippen LogP contribution in [0.25, 0.3) is 10.9 Å². The largest absolute Gasteiger partial charge is 0.308 e. The van der Waals surface area contributed by atoms with Crippen molar-refractivity contribution >= 4 is 34.1 Å². The van der Waals surface area contributed by atoms with Gasteiger partial charge in [0.2, 0.25) is 0 Å². The van der Waals surface area contributed by atoms with Crippen molar-refractivity contribution in [1.82, 2.24) is 4.98 Å². The molecule has 1 amide bonds. The Hall–Kier alpha value is -2.39. The van der Waals surface area contributed by atoms with Crippen molar-refractivity contribution < 1.29 is 4.79 Å². The van der Waals surface area contributed by atoms with E-state index in [1.165, 1.54) is 5.56 Å². The minimum Gasteiger partial charge on any atom is -0.308 e. The number of anilines is 1. The number of nitrogens with zero attached hydrogens (tertiary/aromatic N) is 2. The summed E-state index contributed by atoms with van der Waals surface area (Å²) < 4.78 is 0. The third kappa shape index (κ3) is 2.36. The standard InChI is InChI=1S/C20H17ClN2O/c1-12-9-13(2)18-15(10-12)11-16(19(21)22-18)20(24)23-8-7-14-5-3-4-6-17(14)23/h3-6,9-11H,7-8H2,1-2H3. The predicted molar refractivity (Wildman–Crippen MR) is 98.0 cm³/mol. The molecule has 1 aromatic heterocycles. The van der Waals surface area contributed by atoms with Crippen LogP contribution in [-0.4, -0.2) is 17.4 Å². The van der Waals surface area contributed by atoms with Gasteiger partial charge in [-0.25, -0.2) is 4.98 Å². The van der Waals surface area contributed by atoms with Crippen molar-refractivity contribution in [2.45, 2.75) is 20.3 Å². The molecule has 0 radical (unpaired) electrons. The number of hydrogen-bond donors (Lipinski definition) is 0. The van der Waals surface area contributed by atoms with Gasteiger partial charge in [0.15, 0.2) is 0 Å². The highest BCUT2D eigenvalue weighted by atomic mass is 35.5. The number of rotatable bonds is 1. The van der Waals surface area contributed by atoms with Crippen LogP contribution in [0.1, 0.15) is 27.0 Å². The van der Waals surface area contributed by atoms with E-state index in [4.69, 9.17) is 11.6 Å². The van der Waals surface area contributed by atoms with Crippen molar-refractivity contribution in [2.24, 2.45) is 0 Å². The third-order valence-electron chi connectivity index (χ3n) is 4.57. The summed E-state index contributed by atoms with van der Waals surface area (Å²) in [5.41, 5.74) is 5.70. The monoisotopic (exact) mass is 336 g/mol. The van der Waals surface area contributed by atoms with Gasteiger partial charge in [0, 0.05) is 17.6 Å². The Labute approximate surface area is 145 Å². The molecule has 0 saturated heterocycles. The van der Waals surface area contributed by atoms with E-state index in [2.05, 4.69) is 17.1 Å². The number of benzene rings is 2. The van der Waals surface area contributed by atoms with Crippen LogP contribution < -0.4 is 4.90 Å². The minimum absolute atomic E-state index is 0.0847. The normalized spacial score (nSPS) is 13.4. The second-order valence-electron chi connectivity index (χ2n) is 6.32. The number of carbonyl (C=O) groups excluding carboxylic acids is 1. The van der Waals surface area contributed by atoms with E-state index < -0.39 is 0 Å². The third-order valence-corrected chi connectivity index (χ3v) is 4.86. The van der Waals surface area contributed by atoms with Crippen LogP contribution in [0.4, 0.5) is 5.69 Å². The molecule has 4 rings (SSSR count). The molecule has 0 aliphatic carbocycles. The zero-order valence-corrected chi connectivity index (χ0v) is 14.4. The number of pyridine rings is 1. The summed E-state index contributed by atoms with van der Waals surface area (Å²) >= 11 is 6.36. The first-order chi connectivity index (χ1) is 11.5. The Balaban J connectivity index is 1.82. The Bertz CT molecular complexity index is 981. The van der Waals surface area contributed by atoms with Crippen LogP contribution in [0.15, 0.2) is 42.5 Å². The molecule has 3 aromatic rings. The van der Waals surface area contributed by atoms with E-state index in [1.807, 2.05) is 44.2 Å². The van der Waals surface area contributed by atoms with Crippen molar-refractivity contribution in [3.05, 3.63) is 69.9 Å². The summed E-state index contributed by atoms with van der Waals surface area (Å²) in [4.78, 5) is 19.3. The van der Waals surface area contributed by atoms with Crippen molar-refractivity contribution in [2.75, 3.05) is 11.4 Å². The molecule has 1 aliphatic rings. The molecular weight excluding hydrogens is 320 g/mol. The fraction of sp³-hybridized carbons (Fsp3) is 0.200. The molecule has 0 unspecified atom stereocenters. The highest BCUT2D eigenvalue weighted by Gasteiger charge is 2.27. The van der Waals surface area contributed by atoms with Crippen LogP contribution >= 0.6 is 11.6 Å². The van der Waals surface area contributed by atoms with Crippen LogP contribution in [0.5, 0.6) is 0 Å². The highest BCUT2D eigenvalue weighted by molar-refractivity contribution is 6.34. The summed E-state index contributed by atoms with van der Waals surface area (Å²) in [7, 11) is 0. The summed E-state index contributed by atoms with van der Waals surface area (Å²) in [6.45, 7) is 4.73. The average molecular weight is 337 g/mol. The number of aromatic nitrogens is 1. The van der Waals surface area contributed by atoms with Gasteiger partial charge in [-0.15, -0.1) is 0 Å². The van der Waals surface area contributed by atoms with Gasteiger partial charge in [-0.05, 0) is 49.6 Å². The lowest BCUT2D eigenvalue weighted by atomic mass is 10.0. The van der Waals surface area contributed by atoms with E-state index in [0.29, 0.717) is 12.1 Å². The minimum atomic E-state index is -0.0847. The lowest BCUT2D eigenvalue weighted by molar-refractivity contribution is 0.0989. The van der Waals surface area contributed by atoms with Gasteiger partial charge in [0.1, 0.15) is 5.15 Å². The molecule has 120 valence electrons. The lowest BCUT2D eigenvalue weighted by Gasteiger charge is -2.18. The number of halogens is 1. The van der Waals surface area contributed by atoms with Crippen molar-refractivity contribution in [3.8, 4) is 0 Å². The van der Waals surface area contributed by atoms with E-state index >= 15 is 0 Å². The van der Waals surface area contributed by atoms with E-state index in [-0.39, 0.29) is 11.1 Å². The predicted octanol–water partition coefficient (Wildman–Crippen LogP) is 4.71. The number of hydrogen-bond acceptors (Lipinski definition) is 2. The van der Waals surface area contributed by atoms with Gasteiger partial charge in [-0.2, -0.15) is 0 Å². The lowest BCUT2D eigenvalue weighted by Crippen LogP contribution is -2.29. The fourth-order valence-electron chi connectivity index (χ4n) is 3.47. The van der Waals surface area contributed by atoms with Crippen molar-refractivity contribution in [3.63, 3.8) is 0 Å². The summed E-state index contributed by atoms with van der Waals surface area (Å²) in [6, 6.07) is 14.0. The van der Waals surface area contributed by atoms with Gasteiger partial charge in [0.05, 0.1) is 11.1 Å². The number of fused-ring (bicyclic) bond motifs is 2. The van der Waals surface area contributed by atoms with Crippen LogP contribution in [0.2, 0.25) is 5.15 Å². The highest BCUT2D eigenvalue weighted by Crippen LogP contribution is 2.31. The molecule has 2 aromatic carbocycles. The maximum absolute atomic E-state index is 13.0. The van der Waals surface area contributed by atoms with Gasteiger partial charge < -0.3 is 4.90 Å². The van der Waals surface area contributed by atoms with Gasteiger partial charge in [0.25, 0.3) is 5.91 Å². The Morgan fingerprint density at radius 3 is 2.79 bits per heavy atom. The van der Waals surface area contributed by atoms with Crippen LogP contribution in [-0.2, 0) is 6.42 Å². The molecule has 4 heteroatoms. The molecule has 0 bridgehead atoms. The smallest absolute Gasteiger partial charge is 0.261 e. The van der Waals surface area contributed by atoms with Crippen LogP contribution in [0.3, 0.4) is 0 Å². The maximum Gasteiger partial charge on any atom is 0.261 e. The van der Waals surface area contributed by atoms with E-state index in [0.717, 1.165) is 34.1 Å². The molecule has 2 heterocycles. The van der Waals surface area contributed by atoms with E-state index in [1.54, 1.807) is 4.90 Å². The molecule has 1 aliphatic heterocycles. The quantitative estimate of drug-likeness (QED) is 0.603. The molecule has 0 spiro atoms. The first-order valence-electron chi connectivity index (χ1n) is 8.02. The first-order valence-corrected chi connectivity index (χ1v) is 8.39. The maximum atomic E-state index is 13.0. The topological polar surface area (TPSA) is 33.2 Å². The Kier molecular flexibility index (Phi) is 3.54. The molecular formula is C20H17ClN2O.